The summed E-state index contributed by atoms with van der Waals surface area (Å²) in [5.74, 6) is -0.287. The van der Waals surface area contributed by atoms with Gasteiger partial charge < -0.3 is 5.73 Å². The lowest BCUT2D eigenvalue weighted by Gasteiger charge is -2.14. The molecule has 0 saturated carbocycles. The minimum atomic E-state index is -0.339. The molecule has 2 rings (SSSR count). The first-order valence-electron chi connectivity index (χ1n) is 6.10. The van der Waals surface area contributed by atoms with E-state index < -0.39 is 0 Å². The molecule has 1 aromatic heterocycles. The molecule has 0 amide bonds. The molecular formula is C15H16ClFN2. The van der Waals surface area contributed by atoms with Crippen molar-refractivity contribution in [3.8, 4) is 0 Å². The summed E-state index contributed by atoms with van der Waals surface area (Å²) in [5.41, 5.74) is 9.55. The van der Waals surface area contributed by atoms with Crippen LogP contribution in [-0.4, -0.2) is 4.98 Å². The number of rotatable bonds is 3. The van der Waals surface area contributed by atoms with Crippen LogP contribution in [0.3, 0.4) is 0 Å². The first kappa shape index (κ1) is 14.0. The fourth-order valence-electron chi connectivity index (χ4n) is 2.15. The van der Waals surface area contributed by atoms with Gasteiger partial charge in [0.2, 0.25) is 0 Å². The predicted molar refractivity (Wildman–Crippen MR) is 75.8 cm³/mol. The molecule has 1 unspecified atom stereocenters. The number of benzene rings is 1. The van der Waals surface area contributed by atoms with Crippen molar-refractivity contribution in [1.82, 2.24) is 4.98 Å². The summed E-state index contributed by atoms with van der Waals surface area (Å²) in [4.78, 5) is 4.35. The van der Waals surface area contributed by atoms with Gasteiger partial charge in [-0.25, -0.2) is 4.39 Å². The second-order valence-electron chi connectivity index (χ2n) is 4.76. The number of aromatic nitrogens is 1. The topological polar surface area (TPSA) is 38.9 Å². The number of nitrogens with zero attached hydrogens (tertiary/aromatic N) is 1. The number of nitrogens with two attached hydrogens (primary N) is 1. The van der Waals surface area contributed by atoms with Gasteiger partial charge in [0, 0.05) is 11.2 Å². The Morgan fingerprint density at radius 2 is 2.05 bits per heavy atom. The predicted octanol–water partition coefficient (Wildman–Crippen LogP) is 3.73. The number of pyridine rings is 1. The Balaban J connectivity index is 2.25. The van der Waals surface area contributed by atoms with Gasteiger partial charge in [-0.15, -0.1) is 0 Å². The van der Waals surface area contributed by atoms with E-state index in [-0.39, 0.29) is 11.9 Å². The lowest BCUT2D eigenvalue weighted by molar-refractivity contribution is 0.589. The first-order valence-corrected chi connectivity index (χ1v) is 6.48. The highest BCUT2D eigenvalue weighted by Crippen LogP contribution is 2.22. The van der Waals surface area contributed by atoms with Crippen molar-refractivity contribution in [2.75, 3.05) is 0 Å². The van der Waals surface area contributed by atoms with Crippen LogP contribution in [0.2, 0.25) is 5.02 Å². The molecule has 2 nitrogen and oxygen atoms in total. The van der Waals surface area contributed by atoms with Gasteiger partial charge in [0.25, 0.3) is 0 Å². The van der Waals surface area contributed by atoms with Gasteiger partial charge in [0.15, 0.2) is 0 Å². The SMILES string of the molecule is Cc1cnc(C(N)Cc2cc(Cl)ccc2F)c(C)c1. The van der Waals surface area contributed by atoms with Crippen LogP contribution in [0.5, 0.6) is 0 Å². The average Bonchev–Trinajstić information content (AvgIpc) is 2.33. The molecule has 100 valence electrons. The third-order valence-corrected chi connectivity index (χ3v) is 3.29. The van der Waals surface area contributed by atoms with Gasteiger partial charge in [-0.05, 0) is 55.2 Å². The summed E-state index contributed by atoms with van der Waals surface area (Å²) in [6.45, 7) is 3.94. The minimum Gasteiger partial charge on any atom is -0.322 e. The zero-order chi connectivity index (χ0) is 14.0. The second kappa shape index (κ2) is 5.68. The van der Waals surface area contributed by atoms with Crippen molar-refractivity contribution in [2.24, 2.45) is 5.73 Å². The highest BCUT2D eigenvalue weighted by molar-refractivity contribution is 6.30. The maximum atomic E-state index is 13.7. The van der Waals surface area contributed by atoms with Crippen molar-refractivity contribution in [3.05, 3.63) is 63.7 Å². The molecule has 0 aliphatic heterocycles. The van der Waals surface area contributed by atoms with Crippen LogP contribution < -0.4 is 5.73 Å². The van der Waals surface area contributed by atoms with Crippen LogP contribution in [0.1, 0.15) is 28.4 Å². The van der Waals surface area contributed by atoms with Crippen LogP contribution in [0, 0.1) is 19.7 Å². The van der Waals surface area contributed by atoms with Gasteiger partial charge in [-0.3, -0.25) is 4.98 Å². The van der Waals surface area contributed by atoms with E-state index in [0.717, 1.165) is 16.8 Å². The van der Waals surface area contributed by atoms with Crippen molar-refractivity contribution in [1.29, 1.82) is 0 Å². The standard InChI is InChI=1S/C15H16ClFN2/c1-9-5-10(2)15(19-8-9)14(18)7-11-6-12(16)3-4-13(11)17/h3-6,8,14H,7,18H2,1-2H3. The van der Waals surface area contributed by atoms with Crippen LogP contribution in [0.15, 0.2) is 30.5 Å². The Bertz CT molecular complexity index is 599. The highest BCUT2D eigenvalue weighted by atomic mass is 35.5. The Morgan fingerprint density at radius 1 is 1.32 bits per heavy atom. The smallest absolute Gasteiger partial charge is 0.126 e. The summed E-state index contributed by atoms with van der Waals surface area (Å²) >= 11 is 5.88. The average molecular weight is 279 g/mol. The molecule has 0 fully saturated rings. The van der Waals surface area contributed by atoms with E-state index in [1.807, 2.05) is 19.9 Å². The van der Waals surface area contributed by atoms with Gasteiger partial charge in [-0.1, -0.05) is 17.7 Å². The molecule has 19 heavy (non-hydrogen) atoms. The van der Waals surface area contributed by atoms with Gasteiger partial charge >= 0.3 is 0 Å². The number of halogens is 2. The molecule has 1 atom stereocenters. The summed E-state index contributed by atoms with van der Waals surface area (Å²) < 4.78 is 13.7. The zero-order valence-electron chi connectivity index (χ0n) is 11.0. The second-order valence-corrected chi connectivity index (χ2v) is 5.20. The molecule has 2 N–H and O–H groups in total. The molecular weight excluding hydrogens is 263 g/mol. The maximum absolute atomic E-state index is 13.7. The Morgan fingerprint density at radius 3 is 2.74 bits per heavy atom. The third kappa shape index (κ3) is 3.31. The zero-order valence-corrected chi connectivity index (χ0v) is 11.7. The Hall–Kier alpha value is -1.45. The van der Waals surface area contributed by atoms with Crippen molar-refractivity contribution < 1.29 is 4.39 Å². The molecule has 1 aromatic carbocycles. The van der Waals surface area contributed by atoms with E-state index in [2.05, 4.69) is 4.98 Å². The van der Waals surface area contributed by atoms with Crippen molar-refractivity contribution in [3.63, 3.8) is 0 Å². The molecule has 1 heterocycles. The summed E-state index contributed by atoms with van der Waals surface area (Å²) in [6.07, 6.45) is 2.15. The van der Waals surface area contributed by atoms with Gasteiger partial charge in [-0.2, -0.15) is 0 Å². The van der Waals surface area contributed by atoms with Crippen LogP contribution in [-0.2, 0) is 6.42 Å². The lowest BCUT2D eigenvalue weighted by Crippen LogP contribution is -2.17. The van der Waals surface area contributed by atoms with Gasteiger partial charge in [0.1, 0.15) is 5.82 Å². The molecule has 0 aliphatic carbocycles. The first-order chi connectivity index (χ1) is 8.97. The molecule has 0 radical (unpaired) electrons. The van der Waals surface area contributed by atoms with E-state index >= 15 is 0 Å². The maximum Gasteiger partial charge on any atom is 0.126 e. The largest absolute Gasteiger partial charge is 0.322 e. The third-order valence-electron chi connectivity index (χ3n) is 3.05. The molecule has 0 bridgehead atoms. The quantitative estimate of drug-likeness (QED) is 0.929. The number of aryl methyl sites for hydroxylation is 2. The molecule has 4 heteroatoms. The normalized spacial score (nSPS) is 12.5. The van der Waals surface area contributed by atoms with Crippen molar-refractivity contribution >= 4 is 11.6 Å². The Labute approximate surface area is 117 Å². The summed E-state index contributed by atoms with van der Waals surface area (Å²) in [7, 11) is 0. The fourth-order valence-corrected chi connectivity index (χ4v) is 2.34. The van der Waals surface area contributed by atoms with Gasteiger partial charge in [0.05, 0.1) is 11.7 Å². The molecule has 2 aromatic rings. The van der Waals surface area contributed by atoms with Crippen LogP contribution in [0.25, 0.3) is 0 Å². The van der Waals surface area contributed by atoms with Crippen molar-refractivity contribution in [2.45, 2.75) is 26.3 Å². The Kier molecular flexibility index (Phi) is 4.17. The molecule has 0 saturated heterocycles. The summed E-state index contributed by atoms with van der Waals surface area (Å²) in [6, 6.07) is 6.19. The highest BCUT2D eigenvalue weighted by Gasteiger charge is 2.14. The number of hydrogen-bond donors (Lipinski definition) is 1. The minimum absolute atomic E-state index is 0.287. The van der Waals surface area contributed by atoms with E-state index in [4.69, 9.17) is 17.3 Å². The van der Waals surface area contributed by atoms with E-state index in [9.17, 15) is 4.39 Å². The van der Waals surface area contributed by atoms with E-state index in [0.29, 0.717) is 17.0 Å². The molecule has 0 spiro atoms. The monoisotopic (exact) mass is 278 g/mol. The number of hydrogen-bond acceptors (Lipinski definition) is 2. The van der Waals surface area contributed by atoms with Crippen LogP contribution >= 0.6 is 11.6 Å². The van der Waals surface area contributed by atoms with E-state index in [1.54, 1.807) is 12.3 Å². The molecule has 0 aliphatic rings. The lowest BCUT2D eigenvalue weighted by atomic mass is 10.00. The fraction of sp³-hybridized carbons (Fsp3) is 0.267. The summed E-state index contributed by atoms with van der Waals surface area (Å²) in [5, 5.41) is 0.511. The van der Waals surface area contributed by atoms with Crippen LogP contribution in [0.4, 0.5) is 4.39 Å². The van der Waals surface area contributed by atoms with E-state index in [1.165, 1.54) is 12.1 Å².